The van der Waals surface area contributed by atoms with Crippen molar-refractivity contribution in [1.82, 2.24) is 10.2 Å². The van der Waals surface area contributed by atoms with E-state index in [9.17, 15) is 4.79 Å². The summed E-state index contributed by atoms with van der Waals surface area (Å²) in [6.07, 6.45) is 0. The van der Waals surface area contributed by atoms with E-state index in [4.69, 9.17) is 26.4 Å². The highest BCUT2D eigenvalue weighted by molar-refractivity contribution is 8.23. The Morgan fingerprint density at radius 1 is 1.08 bits per heavy atom. The molecule has 25 heavy (non-hydrogen) atoms. The fourth-order valence-corrected chi connectivity index (χ4v) is 3.41. The molecular weight excluding hydrogens is 360 g/mol. The fraction of sp³-hybridized carbons (Fsp3) is 0.529. The Bertz CT molecular complexity index is 592. The van der Waals surface area contributed by atoms with Crippen LogP contribution in [0.2, 0.25) is 0 Å². The van der Waals surface area contributed by atoms with Crippen LogP contribution in [0.3, 0.4) is 0 Å². The molecule has 0 aromatic heterocycles. The number of ether oxygens (including phenoxy) is 3. The van der Waals surface area contributed by atoms with E-state index in [-0.39, 0.29) is 11.7 Å². The predicted octanol–water partition coefficient (Wildman–Crippen LogP) is 2.69. The van der Waals surface area contributed by atoms with Crippen LogP contribution in [0.25, 0.3) is 0 Å². The SMILES string of the molecule is CCN(CC)C(=S)SCC(=O)NCc1cc(OC)c(OC)cc1OC. The van der Waals surface area contributed by atoms with E-state index in [2.05, 4.69) is 5.32 Å². The summed E-state index contributed by atoms with van der Waals surface area (Å²) >= 11 is 6.70. The third-order valence-corrected chi connectivity index (χ3v) is 5.13. The monoisotopic (exact) mass is 386 g/mol. The number of hydrogen-bond donors (Lipinski definition) is 1. The van der Waals surface area contributed by atoms with Crippen molar-refractivity contribution < 1.29 is 19.0 Å². The maximum atomic E-state index is 12.1. The Morgan fingerprint density at radius 3 is 2.16 bits per heavy atom. The van der Waals surface area contributed by atoms with Crippen molar-refractivity contribution in [2.45, 2.75) is 20.4 Å². The highest BCUT2D eigenvalue weighted by Crippen LogP contribution is 2.34. The number of thiocarbonyl (C=S) groups is 1. The number of rotatable bonds is 9. The average molecular weight is 387 g/mol. The van der Waals surface area contributed by atoms with Crippen LogP contribution >= 0.6 is 24.0 Å². The molecule has 6 nitrogen and oxygen atoms in total. The van der Waals surface area contributed by atoms with Crippen LogP contribution in [0.4, 0.5) is 0 Å². The molecule has 0 spiro atoms. The van der Waals surface area contributed by atoms with Gasteiger partial charge in [0.25, 0.3) is 0 Å². The number of hydrogen-bond acceptors (Lipinski definition) is 6. The van der Waals surface area contributed by atoms with Gasteiger partial charge in [-0.1, -0.05) is 24.0 Å². The van der Waals surface area contributed by atoms with Crippen LogP contribution in [-0.2, 0) is 11.3 Å². The highest BCUT2D eigenvalue weighted by Gasteiger charge is 2.14. The van der Waals surface area contributed by atoms with Crippen LogP contribution in [-0.4, -0.2) is 55.3 Å². The lowest BCUT2D eigenvalue weighted by Crippen LogP contribution is -2.30. The molecule has 1 rings (SSSR count). The van der Waals surface area contributed by atoms with Gasteiger partial charge >= 0.3 is 0 Å². The summed E-state index contributed by atoms with van der Waals surface area (Å²) in [4.78, 5) is 14.1. The van der Waals surface area contributed by atoms with E-state index < -0.39 is 0 Å². The second kappa shape index (κ2) is 11.0. The first kappa shape index (κ1) is 21.4. The predicted molar refractivity (Wildman–Crippen MR) is 106 cm³/mol. The molecule has 140 valence electrons. The smallest absolute Gasteiger partial charge is 0.230 e. The van der Waals surface area contributed by atoms with Gasteiger partial charge in [0, 0.05) is 31.3 Å². The molecule has 0 aliphatic rings. The quantitative estimate of drug-likeness (QED) is 0.655. The number of carbonyl (C=O) groups is 1. The molecule has 0 saturated heterocycles. The van der Waals surface area contributed by atoms with E-state index >= 15 is 0 Å². The molecule has 0 aliphatic carbocycles. The van der Waals surface area contributed by atoms with E-state index in [0.717, 1.165) is 23.0 Å². The summed E-state index contributed by atoms with van der Waals surface area (Å²) < 4.78 is 16.6. The van der Waals surface area contributed by atoms with Crippen molar-refractivity contribution in [3.63, 3.8) is 0 Å². The van der Waals surface area contributed by atoms with Crippen molar-refractivity contribution in [2.24, 2.45) is 0 Å². The van der Waals surface area contributed by atoms with Gasteiger partial charge in [0.2, 0.25) is 5.91 Å². The topological polar surface area (TPSA) is 60.0 Å². The Labute approximate surface area is 159 Å². The molecule has 0 atom stereocenters. The van der Waals surface area contributed by atoms with Crippen molar-refractivity contribution in [3.05, 3.63) is 17.7 Å². The van der Waals surface area contributed by atoms with Gasteiger partial charge in [-0.3, -0.25) is 4.79 Å². The maximum absolute atomic E-state index is 12.1. The third-order valence-electron chi connectivity index (χ3n) is 3.61. The van der Waals surface area contributed by atoms with Gasteiger partial charge in [0.1, 0.15) is 10.1 Å². The lowest BCUT2D eigenvalue weighted by molar-refractivity contribution is -0.118. The van der Waals surface area contributed by atoms with Crippen LogP contribution in [0.5, 0.6) is 17.2 Å². The molecule has 0 saturated carbocycles. The molecule has 1 amide bonds. The molecule has 1 N–H and O–H groups in total. The van der Waals surface area contributed by atoms with Crippen molar-refractivity contribution >= 4 is 34.2 Å². The maximum Gasteiger partial charge on any atom is 0.230 e. The highest BCUT2D eigenvalue weighted by atomic mass is 32.2. The van der Waals surface area contributed by atoms with Crippen LogP contribution in [0.15, 0.2) is 12.1 Å². The Balaban J connectivity index is 2.65. The first-order valence-corrected chi connectivity index (χ1v) is 9.37. The first-order valence-electron chi connectivity index (χ1n) is 7.97. The minimum absolute atomic E-state index is 0.0867. The molecule has 0 aliphatic heterocycles. The lowest BCUT2D eigenvalue weighted by Gasteiger charge is -2.20. The van der Waals surface area contributed by atoms with Crippen molar-refractivity contribution in [1.29, 1.82) is 0 Å². The summed E-state index contributed by atoms with van der Waals surface area (Å²) in [5.74, 6) is 1.99. The Hall–Kier alpha value is -1.67. The summed E-state index contributed by atoms with van der Waals surface area (Å²) in [6.45, 7) is 6.10. The summed E-state index contributed by atoms with van der Waals surface area (Å²) in [5, 5.41) is 2.88. The van der Waals surface area contributed by atoms with E-state index in [0.29, 0.717) is 23.8 Å². The number of methoxy groups -OCH3 is 3. The normalized spacial score (nSPS) is 10.1. The summed E-state index contributed by atoms with van der Waals surface area (Å²) in [7, 11) is 4.71. The molecule has 1 aromatic rings. The minimum Gasteiger partial charge on any atom is -0.496 e. The van der Waals surface area contributed by atoms with Gasteiger partial charge in [0.15, 0.2) is 11.5 Å². The molecule has 0 heterocycles. The second-order valence-electron chi connectivity index (χ2n) is 5.02. The zero-order valence-corrected chi connectivity index (χ0v) is 17.0. The van der Waals surface area contributed by atoms with Gasteiger partial charge in [-0.2, -0.15) is 0 Å². The molecule has 0 unspecified atom stereocenters. The summed E-state index contributed by atoms with van der Waals surface area (Å²) in [6, 6.07) is 3.54. The third kappa shape index (κ3) is 6.28. The zero-order chi connectivity index (χ0) is 18.8. The average Bonchev–Trinajstić information content (AvgIpc) is 2.64. The van der Waals surface area contributed by atoms with Crippen molar-refractivity contribution in [3.8, 4) is 17.2 Å². The molecule has 8 heteroatoms. The lowest BCUT2D eigenvalue weighted by atomic mass is 10.1. The first-order chi connectivity index (χ1) is 12.0. The molecule has 0 fully saturated rings. The number of nitrogens with one attached hydrogen (secondary N) is 1. The fourth-order valence-electron chi connectivity index (χ4n) is 2.18. The van der Waals surface area contributed by atoms with Crippen LogP contribution < -0.4 is 19.5 Å². The number of carbonyl (C=O) groups excluding carboxylic acids is 1. The van der Waals surface area contributed by atoms with Gasteiger partial charge < -0.3 is 24.4 Å². The number of nitrogens with zero attached hydrogens (tertiary/aromatic N) is 1. The van der Waals surface area contributed by atoms with E-state index in [1.807, 2.05) is 18.7 Å². The van der Waals surface area contributed by atoms with Gasteiger partial charge in [-0.15, -0.1) is 0 Å². The van der Waals surface area contributed by atoms with Crippen molar-refractivity contribution in [2.75, 3.05) is 40.2 Å². The number of thioether (sulfide) groups is 1. The molecule has 0 radical (unpaired) electrons. The van der Waals surface area contributed by atoms with Gasteiger partial charge in [-0.05, 0) is 19.9 Å². The second-order valence-corrected chi connectivity index (χ2v) is 6.63. The Morgan fingerprint density at radius 2 is 1.64 bits per heavy atom. The van der Waals surface area contributed by atoms with Crippen LogP contribution in [0, 0.1) is 0 Å². The van der Waals surface area contributed by atoms with Gasteiger partial charge in [0.05, 0.1) is 27.1 Å². The molecule has 1 aromatic carbocycles. The molecule has 0 bridgehead atoms. The minimum atomic E-state index is -0.0867. The largest absolute Gasteiger partial charge is 0.496 e. The van der Waals surface area contributed by atoms with E-state index in [1.54, 1.807) is 33.5 Å². The number of benzene rings is 1. The van der Waals surface area contributed by atoms with Gasteiger partial charge in [-0.25, -0.2) is 0 Å². The van der Waals surface area contributed by atoms with E-state index in [1.165, 1.54) is 11.8 Å². The standard InChI is InChI=1S/C17H26N2O4S2/c1-6-19(7-2)17(24)25-11-16(20)18-10-12-8-14(22-4)15(23-5)9-13(12)21-3/h8-9H,6-7,10-11H2,1-5H3,(H,18,20). The zero-order valence-electron chi connectivity index (χ0n) is 15.4. The van der Waals surface area contributed by atoms with Crippen LogP contribution in [0.1, 0.15) is 19.4 Å². The molecular formula is C17H26N2O4S2. The number of amides is 1. The Kier molecular flexibility index (Phi) is 9.44. The summed E-state index contributed by atoms with van der Waals surface area (Å²) in [5.41, 5.74) is 0.810.